The van der Waals surface area contributed by atoms with Gasteiger partial charge in [0.25, 0.3) is 10.1 Å². The molecule has 0 aliphatic heterocycles. The monoisotopic (exact) mass is 380 g/mol. The second-order valence-corrected chi connectivity index (χ2v) is 7.57. The number of aryl methyl sites for hydroxylation is 1. The number of hydrogen-bond acceptors (Lipinski definition) is 3. The third kappa shape index (κ3) is 10.5. The van der Waals surface area contributed by atoms with Crippen molar-refractivity contribution in [3.05, 3.63) is 23.8 Å². The molecule has 1 aromatic rings. The van der Waals surface area contributed by atoms with E-state index in [1.807, 2.05) is 0 Å². The van der Waals surface area contributed by atoms with Crippen LogP contribution in [0.4, 0.5) is 0 Å². The Morgan fingerprint density at radius 2 is 1.42 bits per heavy atom. The van der Waals surface area contributed by atoms with Crippen LogP contribution in [0.5, 0.6) is 5.75 Å². The molecule has 0 amide bonds. The zero-order valence-electron chi connectivity index (χ0n) is 15.1. The molecule has 0 fully saturated rings. The Bertz CT molecular complexity index is 558. The minimum absolute atomic E-state index is 0. The fourth-order valence-electron chi connectivity index (χ4n) is 2.81. The van der Waals surface area contributed by atoms with Gasteiger partial charge >= 0.3 is 51.4 Å². The summed E-state index contributed by atoms with van der Waals surface area (Å²) in [4.78, 5) is -0.131. The predicted molar refractivity (Wildman–Crippen MR) is 91.3 cm³/mol. The van der Waals surface area contributed by atoms with E-state index in [-0.39, 0.29) is 62.0 Å². The van der Waals surface area contributed by atoms with E-state index in [1.54, 1.807) is 0 Å². The molecule has 4 nitrogen and oxygen atoms in total. The molecule has 0 heterocycles. The molecule has 132 valence electrons. The molecule has 1 aromatic carbocycles. The Hall–Kier alpha value is 0.566. The normalized spacial score (nSPS) is 11.2. The van der Waals surface area contributed by atoms with Gasteiger partial charge in [-0.05, 0) is 24.5 Å². The summed E-state index contributed by atoms with van der Waals surface area (Å²) in [7, 11) is -4.25. The summed E-state index contributed by atoms with van der Waals surface area (Å²) >= 11 is 0. The van der Waals surface area contributed by atoms with Crippen molar-refractivity contribution in [2.24, 2.45) is 0 Å². The van der Waals surface area contributed by atoms with Gasteiger partial charge in [0, 0.05) is 0 Å². The van der Waals surface area contributed by atoms with E-state index in [2.05, 4.69) is 6.92 Å². The Labute approximate surface area is 189 Å². The molecule has 6 heteroatoms. The van der Waals surface area contributed by atoms with Crippen molar-refractivity contribution in [2.75, 3.05) is 0 Å². The van der Waals surface area contributed by atoms with Gasteiger partial charge in [0.15, 0.2) is 0 Å². The van der Waals surface area contributed by atoms with Gasteiger partial charge in [-0.3, -0.25) is 4.55 Å². The van der Waals surface area contributed by atoms with E-state index in [1.165, 1.54) is 63.1 Å². The molecule has 0 aliphatic rings. The van der Waals surface area contributed by atoms with Crippen LogP contribution >= 0.6 is 0 Å². The van der Waals surface area contributed by atoms with E-state index in [0.29, 0.717) is 12.0 Å². The van der Waals surface area contributed by atoms with Gasteiger partial charge in [-0.25, -0.2) is 0 Å². The Kier molecular flexibility index (Phi) is 14.1. The van der Waals surface area contributed by atoms with E-state index in [0.717, 1.165) is 19.3 Å². The summed E-state index contributed by atoms with van der Waals surface area (Å²) in [5.41, 5.74) is 0.430. The number of unbranched alkanes of at least 4 members (excludes halogenated alkanes) is 9. The van der Waals surface area contributed by atoms with Gasteiger partial charge < -0.3 is 5.11 Å². The van der Waals surface area contributed by atoms with E-state index in [9.17, 15) is 18.1 Å². The first kappa shape index (κ1) is 24.6. The standard InChI is InChI=1S/C18H30O4S.K/c1-2-3-4-5-6-7-8-9-10-11-12-16-15-17(19)13-14-18(16)23(20,21)22;/h13-15,19H,2-12H2,1H3,(H,20,21,22);/q;+1/p-1. The van der Waals surface area contributed by atoms with Crippen LogP contribution in [0.1, 0.15) is 76.7 Å². The smallest absolute Gasteiger partial charge is 0.872 e. The van der Waals surface area contributed by atoms with Gasteiger partial charge in [0.2, 0.25) is 0 Å². The van der Waals surface area contributed by atoms with Gasteiger partial charge in [-0.1, -0.05) is 76.8 Å². The first-order valence-electron chi connectivity index (χ1n) is 8.72. The summed E-state index contributed by atoms with van der Waals surface area (Å²) in [5.74, 6) is -0.223. The van der Waals surface area contributed by atoms with Crippen LogP contribution in [0.2, 0.25) is 0 Å². The SMILES string of the molecule is CCCCCCCCCCCCc1cc([O-])ccc1S(=O)(=O)O.[K+]. The third-order valence-corrected chi connectivity index (χ3v) is 5.06. The molecule has 1 rings (SSSR count). The Morgan fingerprint density at radius 3 is 1.92 bits per heavy atom. The van der Waals surface area contributed by atoms with Crippen molar-refractivity contribution >= 4 is 10.1 Å². The fourth-order valence-corrected chi connectivity index (χ4v) is 3.54. The average Bonchev–Trinajstić information content (AvgIpc) is 2.48. The van der Waals surface area contributed by atoms with Crippen LogP contribution in [-0.2, 0) is 16.5 Å². The fraction of sp³-hybridized carbons (Fsp3) is 0.667. The molecular weight excluding hydrogens is 351 g/mol. The molecule has 0 aliphatic carbocycles. The maximum atomic E-state index is 11.4. The molecule has 0 bridgehead atoms. The van der Waals surface area contributed by atoms with Gasteiger partial charge in [0.05, 0.1) is 4.90 Å². The largest absolute Gasteiger partial charge is 1.00 e. The van der Waals surface area contributed by atoms with Crippen molar-refractivity contribution in [1.82, 2.24) is 0 Å². The Morgan fingerprint density at radius 1 is 0.917 bits per heavy atom. The van der Waals surface area contributed by atoms with Crippen molar-refractivity contribution in [2.45, 2.75) is 82.4 Å². The summed E-state index contributed by atoms with van der Waals surface area (Å²) in [5, 5.41) is 11.4. The van der Waals surface area contributed by atoms with Crippen molar-refractivity contribution < 1.29 is 69.5 Å². The molecule has 0 radical (unpaired) electrons. The second-order valence-electron chi connectivity index (χ2n) is 6.18. The maximum Gasteiger partial charge on any atom is 1.00 e. The molecule has 0 saturated carbocycles. The van der Waals surface area contributed by atoms with Gasteiger partial charge in [0.1, 0.15) is 0 Å². The van der Waals surface area contributed by atoms with Gasteiger partial charge in [-0.2, -0.15) is 8.42 Å². The van der Waals surface area contributed by atoms with Crippen LogP contribution in [0.25, 0.3) is 0 Å². The molecule has 0 unspecified atom stereocenters. The van der Waals surface area contributed by atoms with Crippen LogP contribution in [0, 0.1) is 0 Å². The first-order valence-corrected chi connectivity index (χ1v) is 10.2. The van der Waals surface area contributed by atoms with Crippen LogP contribution in [0.3, 0.4) is 0 Å². The zero-order valence-corrected chi connectivity index (χ0v) is 19.0. The first-order chi connectivity index (χ1) is 10.9. The molecule has 0 atom stereocenters. The topological polar surface area (TPSA) is 77.4 Å². The quantitative estimate of drug-likeness (QED) is 0.338. The van der Waals surface area contributed by atoms with Gasteiger partial charge in [-0.15, -0.1) is 5.75 Å². The molecule has 0 aromatic heterocycles. The molecular formula is C18H29KO4S. The van der Waals surface area contributed by atoms with E-state index >= 15 is 0 Å². The minimum Gasteiger partial charge on any atom is -0.872 e. The second kappa shape index (κ2) is 13.7. The number of benzene rings is 1. The van der Waals surface area contributed by atoms with Crippen molar-refractivity contribution in [1.29, 1.82) is 0 Å². The van der Waals surface area contributed by atoms with Crippen LogP contribution in [-0.4, -0.2) is 13.0 Å². The molecule has 0 saturated heterocycles. The summed E-state index contributed by atoms with van der Waals surface area (Å²) in [6, 6.07) is 3.69. The third-order valence-electron chi connectivity index (χ3n) is 4.11. The van der Waals surface area contributed by atoms with Crippen molar-refractivity contribution in [3.8, 4) is 5.75 Å². The molecule has 1 N–H and O–H groups in total. The minimum atomic E-state index is -4.25. The summed E-state index contributed by atoms with van der Waals surface area (Å²) in [6.45, 7) is 2.22. The van der Waals surface area contributed by atoms with Crippen LogP contribution in [0.15, 0.2) is 23.1 Å². The average molecular weight is 381 g/mol. The van der Waals surface area contributed by atoms with Crippen LogP contribution < -0.4 is 56.5 Å². The summed E-state index contributed by atoms with van der Waals surface area (Å²) < 4.78 is 31.8. The predicted octanol–water partition coefficient (Wildman–Crippen LogP) is 1.47. The van der Waals surface area contributed by atoms with E-state index < -0.39 is 10.1 Å². The zero-order chi connectivity index (χ0) is 17.1. The number of hydrogen-bond donors (Lipinski definition) is 1. The summed E-state index contributed by atoms with van der Waals surface area (Å²) in [6.07, 6.45) is 12.5. The number of rotatable bonds is 12. The molecule has 0 spiro atoms. The van der Waals surface area contributed by atoms with Crippen molar-refractivity contribution in [3.63, 3.8) is 0 Å². The van der Waals surface area contributed by atoms with E-state index in [4.69, 9.17) is 0 Å². The maximum absolute atomic E-state index is 11.4. The molecule has 24 heavy (non-hydrogen) atoms. The Balaban J connectivity index is 0.00000529.